The highest BCUT2D eigenvalue weighted by Crippen LogP contribution is 2.24. The number of hydrogen-bond donors (Lipinski definition) is 0. The Labute approximate surface area is 91.6 Å². The van der Waals surface area contributed by atoms with Crippen LogP contribution in [0.4, 0.5) is 14.6 Å². The first kappa shape index (κ1) is 10.4. The fraction of sp³-hybridized carbons (Fsp3) is 0. The van der Waals surface area contributed by atoms with Gasteiger partial charge in [-0.1, -0.05) is 27.2 Å². The largest absolute Gasteiger partial charge is 0.457 e. The number of ether oxygens (including phenoxy) is 1. The third kappa shape index (κ3) is 2.48. The van der Waals surface area contributed by atoms with Crippen LogP contribution in [0.3, 0.4) is 0 Å². The summed E-state index contributed by atoms with van der Waals surface area (Å²) in [6.45, 7) is 0. The summed E-state index contributed by atoms with van der Waals surface area (Å²) in [5.74, 6) is 1.20. The van der Waals surface area contributed by atoms with Crippen molar-refractivity contribution in [3.63, 3.8) is 0 Å². The topological polar surface area (TPSA) is 12.5 Å². The van der Waals surface area contributed by atoms with Crippen LogP contribution in [0.2, 0.25) is 0 Å². The first-order valence-electron chi connectivity index (χ1n) is 4.70. The van der Waals surface area contributed by atoms with E-state index in [4.69, 9.17) is 4.74 Å². The third-order valence-corrected chi connectivity index (χ3v) is 2.01. The van der Waals surface area contributed by atoms with Gasteiger partial charge in [0.05, 0.1) is 0 Å². The Morgan fingerprint density at radius 1 is 0.750 bits per heavy atom. The molecule has 0 aliphatic carbocycles. The van der Waals surface area contributed by atoms with Gasteiger partial charge in [0.15, 0.2) is 0 Å². The molecule has 0 radical (unpaired) electrons. The van der Waals surface area contributed by atoms with E-state index in [0.717, 1.165) is 0 Å². The summed E-state index contributed by atoms with van der Waals surface area (Å²) >= 11 is 0. The van der Waals surface area contributed by atoms with E-state index in [1.165, 1.54) is 24.3 Å². The lowest BCUT2D eigenvalue weighted by molar-refractivity contribution is 0.235. The summed E-state index contributed by atoms with van der Waals surface area (Å²) < 4.78 is 29.7. The molecule has 0 aliphatic heterocycles. The maximum absolute atomic E-state index is 12.1. The van der Waals surface area contributed by atoms with Crippen molar-refractivity contribution in [2.75, 3.05) is 5.34 Å². The zero-order chi connectivity index (χ0) is 11.4. The lowest BCUT2D eigenvalue weighted by Crippen LogP contribution is -1.94. The maximum atomic E-state index is 12.1. The van der Waals surface area contributed by atoms with Crippen LogP contribution in [0.15, 0.2) is 54.6 Å². The second-order valence-corrected chi connectivity index (χ2v) is 3.14. The van der Waals surface area contributed by atoms with Crippen molar-refractivity contribution in [1.82, 2.24) is 0 Å². The second kappa shape index (κ2) is 4.61. The number of hydrogen-bond acceptors (Lipinski definition) is 2. The van der Waals surface area contributed by atoms with E-state index in [1.54, 1.807) is 12.1 Å². The van der Waals surface area contributed by atoms with Gasteiger partial charge in [-0.25, -0.2) is 0 Å². The van der Waals surface area contributed by atoms with Crippen LogP contribution in [0.5, 0.6) is 11.5 Å². The number of anilines is 1. The molecule has 0 aromatic heterocycles. The molecule has 0 heterocycles. The Bertz CT molecular complexity index is 442. The van der Waals surface area contributed by atoms with E-state index < -0.39 is 5.34 Å². The molecule has 0 N–H and O–H groups in total. The first-order valence-corrected chi connectivity index (χ1v) is 4.70. The molecule has 2 aromatic carbocycles. The number of halogens is 2. The Morgan fingerprint density at radius 2 is 1.31 bits per heavy atom. The van der Waals surface area contributed by atoms with Crippen molar-refractivity contribution in [3.05, 3.63) is 54.6 Å². The van der Waals surface area contributed by atoms with Crippen molar-refractivity contribution < 1.29 is 13.7 Å². The van der Waals surface area contributed by atoms with Crippen LogP contribution in [-0.4, -0.2) is 0 Å². The van der Waals surface area contributed by atoms with Crippen molar-refractivity contribution in [2.24, 2.45) is 0 Å². The molecule has 4 heteroatoms. The van der Waals surface area contributed by atoms with Gasteiger partial charge in [-0.05, 0) is 41.7 Å². The van der Waals surface area contributed by atoms with Crippen molar-refractivity contribution in [1.29, 1.82) is 0 Å². The summed E-state index contributed by atoms with van der Waals surface area (Å²) in [7, 11) is 0. The predicted octanol–water partition coefficient (Wildman–Crippen LogP) is 4.05. The Kier molecular flexibility index (Phi) is 3.00. The molecule has 0 spiro atoms. The van der Waals surface area contributed by atoms with Crippen LogP contribution in [0.1, 0.15) is 0 Å². The summed E-state index contributed by atoms with van der Waals surface area (Å²) in [6.07, 6.45) is 0. The van der Waals surface area contributed by atoms with Crippen LogP contribution < -0.4 is 10.1 Å². The van der Waals surface area contributed by atoms with Gasteiger partial charge in [-0.15, -0.1) is 0 Å². The molecule has 2 rings (SSSR count). The van der Waals surface area contributed by atoms with E-state index in [1.807, 2.05) is 18.2 Å². The summed E-state index contributed by atoms with van der Waals surface area (Å²) in [5, 5.41) is -0.938. The van der Waals surface area contributed by atoms with E-state index in [2.05, 4.69) is 0 Å². The lowest BCUT2D eigenvalue weighted by Gasteiger charge is -2.06. The van der Waals surface area contributed by atoms with Gasteiger partial charge in [-0.3, -0.25) is 0 Å². The molecule has 0 unspecified atom stereocenters. The molecule has 0 bridgehead atoms. The molecule has 2 aromatic rings. The Hall–Kier alpha value is -2.10. The molecule has 0 saturated heterocycles. The number of nitrogens with zero attached hydrogens (tertiary/aromatic N) is 1. The summed E-state index contributed by atoms with van der Waals surface area (Å²) in [5.41, 5.74) is -0.166. The van der Waals surface area contributed by atoms with Gasteiger partial charge < -0.3 is 4.74 Å². The zero-order valence-electron chi connectivity index (χ0n) is 8.31. The average Bonchev–Trinajstić information content (AvgIpc) is 2.31. The molecule has 0 atom stereocenters. The smallest absolute Gasteiger partial charge is 0.127 e. The zero-order valence-corrected chi connectivity index (χ0v) is 8.31. The summed E-state index contributed by atoms with van der Waals surface area (Å²) in [6, 6.07) is 14.7. The molecular formula is C12H9F2NO. The van der Waals surface area contributed by atoms with E-state index in [-0.39, 0.29) is 5.69 Å². The number of rotatable bonds is 3. The quantitative estimate of drug-likeness (QED) is 0.725. The molecule has 0 aliphatic rings. The van der Waals surface area contributed by atoms with E-state index in [0.29, 0.717) is 11.5 Å². The molecule has 0 saturated carbocycles. The highest BCUT2D eigenvalue weighted by Gasteiger charge is 2.02. The monoisotopic (exact) mass is 221 g/mol. The molecule has 2 nitrogen and oxygen atoms in total. The van der Waals surface area contributed by atoms with Crippen LogP contribution >= 0.6 is 0 Å². The van der Waals surface area contributed by atoms with E-state index in [9.17, 15) is 8.96 Å². The fourth-order valence-corrected chi connectivity index (χ4v) is 1.25. The van der Waals surface area contributed by atoms with Crippen molar-refractivity contribution >= 4 is 5.69 Å². The minimum atomic E-state index is -0.938. The van der Waals surface area contributed by atoms with Gasteiger partial charge in [0.25, 0.3) is 0 Å². The maximum Gasteiger partial charge on any atom is 0.127 e. The van der Waals surface area contributed by atoms with Crippen LogP contribution in [0.25, 0.3) is 0 Å². The Balaban J connectivity index is 2.11. The Morgan fingerprint density at radius 3 is 1.88 bits per heavy atom. The van der Waals surface area contributed by atoms with E-state index >= 15 is 0 Å². The first-order chi connectivity index (χ1) is 7.75. The molecular weight excluding hydrogens is 212 g/mol. The van der Waals surface area contributed by atoms with Gasteiger partial charge in [-0.2, -0.15) is 0 Å². The molecule has 82 valence electrons. The SMILES string of the molecule is FN(F)c1ccc(Oc2ccccc2)cc1. The lowest BCUT2D eigenvalue weighted by atomic mass is 10.3. The molecule has 16 heavy (non-hydrogen) atoms. The number of para-hydroxylation sites is 1. The van der Waals surface area contributed by atoms with Gasteiger partial charge in [0, 0.05) is 0 Å². The van der Waals surface area contributed by atoms with Crippen LogP contribution in [-0.2, 0) is 0 Å². The van der Waals surface area contributed by atoms with Crippen LogP contribution in [0, 0.1) is 0 Å². The number of benzene rings is 2. The van der Waals surface area contributed by atoms with Gasteiger partial charge >= 0.3 is 0 Å². The molecule has 0 amide bonds. The minimum absolute atomic E-state index is 0.166. The van der Waals surface area contributed by atoms with Crippen molar-refractivity contribution in [3.8, 4) is 11.5 Å². The highest BCUT2D eigenvalue weighted by atomic mass is 19.4. The predicted molar refractivity (Wildman–Crippen MR) is 57.7 cm³/mol. The average molecular weight is 221 g/mol. The minimum Gasteiger partial charge on any atom is -0.457 e. The summed E-state index contributed by atoms with van der Waals surface area (Å²) in [4.78, 5) is 0. The normalized spacial score (nSPS) is 9.88. The third-order valence-electron chi connectivity index (χ3n) is 2.01. The molecule has 0 fully saturated rings. The van der Waals surface area contributed by atoms with Crippen molar-refractivity contribution in [2.45, 2.75) is 0 Å². The second-order valence-electron chi connectivity index (χ2n) is 3.14. The standard InChI is InChI=1S/C12H9F2NO/c13-15(14)10-6-8-12(9-7-10)16-11-4-2-1-3-5-11/h1-9H. The van der Waals surface area contributed by atoms with Gasteiger partial charge in [0.2, 0.25) is 0 Å². The van der Waals surface area contributed by atoms with Gasteiger partial charge in [0.1, 0.15) is 17.2 Å². The fourth-order valence-electron chi connectivity index (χ4n) is 1.25. The highest BCUT2D eigenvalue weighted by molar-refractivity contribution is 5.45.